The van der Waals surface area contributed by atoms with Crippen molar-refractivity contribution in [2.24, 2.45) is 0 Å². The largest absolute Gasteiger partial charge is 0.390 e. The Hall–Kier alpha value is -2.17. The first kappa shape index (κ1) is 17.3. The second-order valence-electron chi connectivity index (χ2n) is 7.39. The molecule has 2 aromatic carbocycles. The number of aliphatic hydroxyl groups excluding tert-OH is 1. The number of halogens is 1. The summed E-state index contributed by atoms with van der Waals surface area (Å²) in [7, 11) is 0. The minimum absolute atomic E-state index is 0.217. The van der Waals surface area contributed by atoms with Gasteiger partial charge in [0.2, 0.25) is 0 Å². The van der Waals surface area contributed by atoms with Crippen molar-refractivity contribution in [2.75, 3.05) is 13.1 Å². The Morgan fingerprint density at radius 1 is 1.08 bits per heavy atom. The summed E-state index contributed by atoms with van der Waals surface area (Å²) in [6.07, 6.45) is 0.575. The van der Waals surface area contributed by atoms with Crippen LogP contribution in [-0.2, 0) is 19.5 Å². The topological polar surface area (TPSA) is 28.4 Å². The van der Waals surface area contributed by atoms with Crippen LogP contribution in [-0.4, -0.2) is 33.8 Å². The Morgan fingerprint density at radius 3 is 2.65 bits per heavy atom. The summed E-state index contributed by atoms with van der Waals surface area (Å²) < 4.78 is 15.7. The van der Waals surface area contributed by atoms with Crippen molar-refractivity contribution in [1.29, 1.82) is 0 Å². The van der Waals surface area contributed by atoms with Crippen LogP contribution in [0.2, 0.25) is 0 Å². The average Bonchev–Trinajstić information content (AvgIpc) is 2.86. The van der Waals surface area contributed by atoms with Crippen molar-refractivity contribution < 1.29 is 9.50 Å². The molecule has 1 aliphatic heterocycles. The minimum Gasteiger partial charge on any atom is -0.390 e. The Bertz CT molecular complexity index is 947. The van der Waals surface area contributed by atoms with Crippen LogP contribution >= 0.6 is 0 Å². The molecule has 0 fully saturated rings. The van der Waals surface area contributed by atoms with E-state index in [1.165, 1.54) is 17.2 Å². The van der Waals surface area contributed by atoms with E-state index in [9.17, 15) is 9.50 Å². The quantitative estimate of drug-likeness (QED) is 0.773. The van der Waals surface area contributed by atoms with Crippen molar-refractivity contribution in [1.82, 2.24) is 9.47 Å². The van der Waals surface area contributed by atoms with Gasteiger partial charge in [0.25, 0.3) is 0 Å². The molecule has 3 aromatic rings. The van der Waals surface area contributed by atoms with Gasteiger partial charge in [-0.05, 0) is 55.2 Å². The van der Waals surface area contributed by atoms with Crippen LogP contribution in [0.15, 0.2) is 42.5 Å². The number of aromatic nitrogens is 1. The van der Waals surface area contributed by atoms with Gasteiger partial charge in [0.15, 0.2) is 0 Å². The lowest BCUT2D eigenvalue weighted by Crippen LogP contribution is -2.38. The van der Waals surface area contributed by atoms with Crippen molar-refractivity contribution in [3.8, 4) is 0 Å². The summed E-state index contributed by atoms with van der Waals surface area (Å²) in [5, 5.41) is 11.6. The average molecular weight is 352 g/mol. The van der Waals surface area contributed by atoms with Gasteiger partial charge in [0.05, 0.1) is 12.6 Å². The fraction of sp³-hybridized carbons (Fsp3) is 0.364. The lowest BCUT2D eigenvalue weighted by atomic mass is 10.00. The number of aliphatic hydroxyl groups is 1. The number of fused-ring (bicyclic) bond motifs is 2. The summed E-state index contributed by atoms with van der Waals surface area (Å²) in [5.74, 6) is -0.217. The van der Waals surface area contributed by atoms with Crippen molar-refractivity contribution >= 4 is 10.9 Å². The Labute approximate surface area is 153 Å². The smallest absolute Gasteiger partial charge is 0.123 e. The highest BCUT2D eigenvalue weighted by atomic mass is 19.1. The second-order valence-corrected chi connectivity index (χ2v) is 7.39. The van der Waals surface area contributed by atoms with Gasteiger partial charge in [-0.2, -0.15) is 0 Å². The maximum atomic E-state index is 13.6. The molecular formula is C22H25FN2O. The summed E-state index contributed by atoms with van der Waals surface area (Å²) in [4.78, 5) is 2.32. The lowest BCUT2D eigenvalue weighted by molar-refractivity contribution is 0.0923. The second kappa shape index (κ2) is 6.86. The molecular weight excluding hydrogens is 327 g/mol. The van der Waals surface area contributed by atoms with Crippen LogP contribution in [0.5, 0.6) is 0 Å². The summed E-state index contributed by atoms with van der Waals surface area (Å²) in [5.41, 5.74) is 5.94. The summed E-state index contributed by atoms with van der Waals surface area (Å²) in [6, 6.07) is 13.4. The molecule has 4 rings (SSSR count). The van der Waals surface area contributed by atoms with Gasteiger partial charge in [0.1, 0.15) is 5.82 Å². The van der Waals surface area contributed by atoms with E-state index in [2.05, 4.69) is 33.7 Å². The number of benzene rings is 2. The summed E-state index contributed by atoms with van der Waals surface area (Å²) >= 11 is 0. The van der Waals surface area contributed by atoms with E-state index >= 15 is 0 Å². The Kier molecular flexibility index (Phi) is 4.55. The molecule has 0 radical (unpaired) electrons. The van der Waals surface area contributed by atoms with Crippen molar-refractivity contribution in [3.63, 3.8) is 0 Å². The van der Waals surface area contributed by atoms with Gasteiger partial charge >= 0.3 is 0 Å². The van der Waals surface area contributed by atoms with Gasteiger partial charge < -0.3 is 9.67 Å². The molecule has 0 aliphatic carbocycles. The van der Waals surface area contributed by atoms with Crippen LogP contribution in [0.25, 0.3) is 10.9 Å². The van der Waals surface area contributed by atoms with E-state index in [0.29, 0.717) is 13.1 Å². The molecule has 0 spiro atoms. The highest BCUT2D eigenvalue weighted by Crippen LogP contribution is 2.26. The van der Waals surface area contributed by atoms with Gasteiger partial charge in [-0.3, -0.25) is 4.90 Å². The maximum absolute atomic E-state index is 13.6. The SMILES string of the molecule is Cc1c(C)n(C[C@@H](O)CN2CCc3ccccc3C2)c2ccc(F)cc12. The number of aryl methyl sites for hydroxylation is 1. The van der Waals surface area contributed by atoms with E-state index in [1.54, 1.807) is 6.07 Å². The van der Waals surface area contributed by atoms with E-state index < -0.39 is 6.10 Å². The van der Waals surface area contributed by atoms with Crippen LogP contribution < -0.4 is 0 Å². The zero-order valence-electron chi connectivity index (χ0n) is 15.4. The van der Waals surface area contributed by atoms with E-state index in [-0.39, 0.29) is 5.82 Å². The van der Waals surface area contributed by atoms with Crippen molar-refractivity contribution in [2.45, 2.75) is 39.5 Å². The van der Waals surface area contributed by atoms with Crippen LogP contribution in [0, 0.1) is 19.7 Å². The third-order valence-corrected chi connectivity index (χ3v) is 5.67. The monoisotopic (exact) mass is 352 g/mol. The molecule has 136 valence electrons. The van der Waals surface area contributed by atoms with E-state index in [4.69, 9.17) is 0 Å². The van der Waals surface area contributed by atoms with Crippen LogP contribution in [0.1, 0.15) is 22.4 Å². The van der Waals surface area contributed by atoms with Gasteiger partial charge in [0, 0.05) is 36.2 Å². The first-order valence-electron chi connectivity index (χ1n) is 9.25. The third kappa shape index (κ3) is 3.15. The molecule has 1 aliphatic rings. The van der Waals surface area contributed by atoms with Crippen LogP contribution in [0.4, 0.5) is 4.39 Å². The summed E-state index contributed by atoms with van der Waals surface area (Å²) in [6.45, 7) is 7.10. The van der Waals surface area contributed by atoms with Crippen LogP contribution in [0.3, 0.4) is 0 Å². The highest BCUT2D eigenvalue weighted by Gasteiger charge is 2.20. The lowest BCUT2D eigenvalue weighted by Gasteiger charge is -2.30. The molecule has 1 atom stereocenters. The predicted molar refractivity (Wildman–Crippen MR) is 103 cm³/mol. The molecule has 0 bridgehead atoms. The maximum Gasteiger partial charge on any atom is 0.123 e. The van der Waals surface area contributed by atoms with E-state index in [0.717, 1.165) is 41.7 Å². The predicted octanol–water partition coefficient (Wildman–Crippen LogP) is 3.82. The van der Waals surface area contributed by atoms with Gasteiger partial charge in [-0.1, -0.05) is 24.3 Å². The highest BCUT2D eigenvalue weighted by molar-refractivity contribution is 5.85. The number of hydrogen-bond donors (Lipinski definition) is 1. The molecule has 0 unspecified atom stereocenters. The molecule has 0 saturated carbocycles. The number of β-amino-alcohol motifs (C(OH)–C–C–N with tert-alkyl or cyclic N) is 1. The Morgan fingerprint density at radius 2 is 1.85 bits per heavy atom. The molecule has 1 aromatic heterocycles. The molecule has 4 heteroatoms. The third-order valence-electron chi connectivity index (χ3n) is 5.67. The number of hydrogen-bond acceptors (Lipinski definition) is 2. The molecule has 1 N–H and O–H groups in total. The van der Waals surface area contributed by atoms with Gasteiger partial charge in [-0.25, -0.2) is 4.39 Å². The molecule has 3 nitrogen and oxygen atoms in total. The normalized spacial score (nSPS) is 16.0. The zero-order chi connectivity index (χ0) is 18.3. The molecule has 2 heterocycles. The molecule has 0 amide bonds. The fourth-order valence-corrected chi connectivity index (χ4v) is 4.13. The zero-order valence-corrected chi connectivity index (χ0v) is 15.4. The van der Waals surface area contributed by atoms with E-state index in [1.807, 2.05) is 19.9 Å². The Balaban J connectivity index is 1.50. The standard InChI is InChI=1S/C22H25FN2O/c1-15-16(2)25(22-8-7-19(23)11-21(15)22)14-20(26)13-24-10-9-17-5-3-4-6-18(17)12-24/h3-8,11,20,26H,9-10,12-14H2,1-2H3/t20-/m0/s1. The molecule has 26 heavy (non-hydrogen) atoms. The molecule has 0 saturated heterocycles. The first-order valence-corrected chi connectivity index (χ1v) is 9.25. The first-order chi connectivity index (χ1) is 12.5. The fourth-order valence-electron chi connectivity index (χ4n) is 4.13. The van der Waals surface area contributed by atoms with Gasteiger partial charge in [-0.15, -0.1) is 0 Å². The number of nitrogens with zero attached hydrogens (tertiary/aromatic N) is 2. The van der Waals surface area contributed by atoms with Crippen molar-refractivity contribution in [3.05, 3.63) is 70.7 Å². The number of rotatable bonds is 4. The minimum atomic E-state index is -0.459.